The van der Waals surface area contributed by atoms with Gasteiger partial charge in [-0.05, 0) is 42.1 Å². The standard InChI is InChI=1S/C23H18BrN3O4S/c1-3-8-27-22(29)17(21(28)26-23(27)32)9-16-10-19(30-2)20(11-18(16)24)31-13-15-7-5-4-6-14(15)12-25/h3-7,9-11H,1,8,13H2,2H3,(H,26,28,32)/b17-9+. The van der Waals surface area contributed by atoms with Gasteiger partial charge in [0.1, 0.15) is 12.2 Å². The maximum Gasteiger partial charge on any atom is 0.265 e. The van der Waals surface area contributed by atoms with Crippen LogP contribution in [0.5, 0.6) is 11.5 Å². The summed E-state index contributed by atoms with van der Waals surface area (Å²) in [5.74, 6) is -0.266. The quantitative estimate of drug-likeness (QED) is 0.263. The minimum absolute atomic E-state index is 0.0371. The van der Waals surface area contributed by atoms with Gasteiger partial charge in [0.15, 0.2) is 16.6 Å². The van der Waals surface area contributed by atoms with Gasteiger partial charge in [0, 0.05) is 16.6 Å². The van der Waals surface area contributed by atoms with Crippen LogP contribution in [0.15, 0.2) is 59.1 Å². The summed E-state index contributed by atoms with van der Waals surface area (Å²) in [5.41, 5.74) is 1.73. The topological polar surface area (TPSA) is 91.7 Å². The molecule has 0 aliphatic carbocycles. The van der Waals surface area contributed by atoms with Crippen molar-refractivity contribution in [3.05, 3.63) is 75.8 Å². The van der Waals surface area contributed by atoms with E-state index in [2.05, 4.69) is 33.9 Å². The molecule has 2 aromatic carbocycles. The molecule has 0 spiro atoms. The molecule has 3 rings (SSSR count). The van der Waals surface area contributed by atoms with E-state index in [-0.39, 0.29) is 23.8 Å². The van der Waals surface area contributed by atoms with E-state index in [1.807, 2.05) is 12.1 Å². The number of benzene rings is 2. The molecule has 1 aliphatic heterocycles. The second-order valence-corrected chi connectivity index (χ2v) is 7.84. The van der Waals surface area contributed by atoms with E-state index in [9.17, 15) is 14.9 Å². The number of nitriles is 1. The third-order valence-electron chi connectivity index (χ3n) is 4.60. The van der Waals surface area contributed by atoms with Crippen molar-refractivity contribution in [2.45, 2.75) is 6.61 Å². The number of nitrogens with zero attached hydrogens (tertiary/aromatic N) is 2. The highest BCUT2D eigenvalue weighted by Crippen LogP contribution is 2.35. The Kier molecular flexibility index (Phi) is 7.41. The van der Waals surface area contributed by atoms with Gasteiger partial charge in [-0.15, -0.1) is 6.58 Å². The molecule has 0 radical (unpaired) electrons. The Balaban J connectivity index is 1.91. The Labute approximate surface area is 199 Å². The summed E-state index contributed by atoms with van der Waals surface area (Å²) in [6.07, 6.45) is 2.98. The van der Waals surface area contributed by atoms with Gasteiger partial charge in [-0.3, -0.25) is 19.8 Å². The predicted octanol–water partition coefficient (Wildman–Crippen LogP) is 3.72. The van der Waals surface area contributed by atoms with Gasteiger partial charge in [0.05, 0.1) is 18.7 Å². The van der Waals surface area contributed by atoms with E-state index < -0.39 is 11.8 Å². The molecule has 0 unspecified atom stereocenters. The summed E-state index contributed by atoms with van der Waals surface area (Å²) in [7, 11) is 1.49. The van der Waals surface area contributed by atoms with Gasteiger partial charge in [-0.2, -0.15) is 5.26 Å². The highest BCUT2D eigenvalue weighted by Gasteiger charge is 2.32. The Morgan fingerprint density at radius 1 is 1.28 bits per heavy atom. The van der Waals surface area contributed by atoms with Gasteiger partial charge in [0.2, 0.25) is 0 Å². The van der Waals surface area contributed by atoms with Crippen molar-refractivity contribution >= 4 is 51.2 Å². The van der Waals surface area contributed by atoms with Crippen LogP contribution in [0.25, 0.3) is 6.08 Å². The second-order valence-electron chi connectivity index (χ2n) is 6.60. The SMILES string of the molecule is C=CCN1C(=O)/C(=C/c2cc(OC)c(OCc3ccccc3C#N)cc2Br)C(=O)NC1=S. The lowest BCUT2D eigenvalue weighted by Gasteiger charge is -2.27. The van der Waals surface area contributed by atoms with Crippen LogP contribution in [0.4, 0.5) is 0 Å². The maximum atomic E-state index is 12.8. The molecule has 2 amide bonds. The first-order chi connectivity index (χ1) is 15.4. The number of nitrogens with one attached hydrogen (secondary N) is 1. The van der Waals surface area contributed by atoms with Crippen molar-refractivity contribution < 1.29 is 19.1 Å². The number of carbonyl (C=O) groups is 2. The van der Waals surface area contributed by atoms with E-state index in [0.29, 0.717) is 27.1 Å². The van der Waals surface area contributed by atoms with E-state index in [1.54, 1.807) is 24.3 Å². The monoisotopic (exact) mass is 511 g/mol. The van der Waals surface area contributed by atoms with Gasteiger partial charge < -0.3 is 9.47 Å². The number of rotatable bonds is 7. The summed E-state index contributed by atoms with van der Waals surface area (Å²) in [6, 6.07) is 12.6. The largest absolute Gasteiger partial charge is 0.493 e. The number of halogens is 1. The third-order valence-corrected chi connectivity index (χ3v) is 5.61. The van der Waals surface area contributed by atoms with Gasteiger partial charge >= 0.3 is 0 Å². The summed E-state index contributed by atoms with van der Waals surface area (Å²) >= 11 is 8.52. The number of carbonyl (C=O) groups excluding carboxylic acids is 2. The van der Waals surface area contributed by atoms with Crippen LogP contribution in [0.1, 0.15) is 16.7 Å². The smallest absolute Gasteiger partial charge is 0.265 e. The fourth-order valence-corrected chi connectivity index (χ4v) is 3.68. The van der Waals surface area contributed by atoms with Crippen molar-refractivity contribution in [3.8, 4) is 17.6 Å². The van der Waals surface area contributed by atoms with Crippen LogP contribution in [-0.4, -0.2) is 35.5 Å². The van der Waals surface area contributed by atoms with Crippen LogP contribution < -0.4 is 14.8 Å². The second kappa shape index (κ2) is 10.2. The average Bonchev–Trinajstić information content (AvgIpc) is 2.79. The maximum absolute atomic E-state index is 12.8. The summed E-state index contributed by atoms with van der Waals surface area (Å²) in [5, 5.41) is 11.8. The van der Waals surface area contributed by atoms with Crippen LogP contribution in [0, 0.1) is 11.3 Å². The summed E-state index contributed by atoms with van der Waals surface area (Å²) in [4.78, 5) is 26.4. The van der Waals surface area contributed by atoms with E-state index in [4.69, 9.17) is 21.7 Å². The molecule has 0 aromatic heterocycles. The molecule has 0 bridgehead atoms. The van der Waals surface area contributed by atoms with Crippen molar-refractivity contribution in [2.75, 3.05) is 13.7 Å². The first-order valence-corrected chi connectivity index (χ1v) is 10.6. The molecule has 0 saturated carbocycles. The minimum atomic E-state index is -0.584. The normalized spacial score (nSPS) is 14.7. The number of methoxy groups -OCH3 is 1. The first kappa shape index (κ1) is 23.2. The Morgan fingerprint density at radius 3 is 2.72 bits per heavy atom. The molecule has 7 nitrogen and oxygen atoms in total. The highest BCUT2D eigenvalue weighted by molar-refractivity contribution is 9.10. The average molecular weight is 512 g/mol. The third kappa shape index (κ3) is 4.88. The summed E-state index contributed by atoms with van der Waals surface area (Å²) in [6.45, 7) is 3.95. The lowest BCUT2D eigenvalue weighted by molar-refractivity contribution is -0.128. The molecule has 162 valence electrons. The molecule has 0 atom stereocenters. The van der Waals surface area contributed by atoms with Crippen molar-refractivity contribution in [2.24, 2.45) is 0 Å². The summed E-state index contributed by atoms with van der Waals surface area (Å²) < 4.78 is 11.9. The molecule has 1 fully saturated rings. The van der Waals surface area contributed by atoms with Crippen LogP contribution in [-0.2, 0) is 16.2 Å². The number of amides is 2. The van der Waals surface area contributed by atoms with Crippen LogP contribution >= 0.6 is 28.1 Å². The number of hydrogen-bond acceptors (Lipinski definition) is 6. The zero-order valence-electron chi connectivity index (χ0n) is 17.1. The number of thiocarbonyl (C=S) groups is 1. The van der Waals surface area contributed by atoms with Gasteiger partial charge in [-0.25, -0.2) is 0 Å². The van der Waals surface area contributed by atoms with Crippen molar-refractivity contribution in [1.29, 1.82) is 5.26 Å². The molecule has 32 heavy (non-hydrogen) atoms. The van der Waals surface area contributed by atoms with Crippen molar-refractivity contribution in [1.82, 2.24) is 10.2 Å². The Hall–Kier alpha value is -3.48. The van der Waals surface area contributed by atoms with E-state index in [1.165, 1.54) is 24.2 Å². The highest BCUT2D eigenvalue weighted by atomic mass is 79.9. The zero-order valence-corrected chi connectivity index (χ0v) is 19.5. The Bertz CT molecular complexity index is 1190. The molecular weight excluding hydrogens is 494 g/mol. The Morgan fingerprint density at radius 2 is 2.03 bits per heavy atom. The first-order valence-electron chi connectivity index (χ1n) is 9.37. The number of ether oxygens (including phenoxy) is 2. The molecule has 2 aromatic rings. The lowest BCUT2D eigenvalue weighted by Crippen LogP contribution is -2.53. The predicted molar refractivity (Wildman–Crippen MR) is 127 cm³/mol. The van der Waals surface area contributed by atoms with Crippen molar-refractivity contribution in [3.63, 3.8) is 0 Å². The molecule has 1 N–H and O–H groups in total. The van der Waals surface area contributed by atoms with Gasteiger partial charge in [-0.1, -0.05) is 40.2 Å². The number of hydrogen-bond donors (Lipinski definition) is 1. The van der Waals surface area contributed by atoms with E-state index in [0.717, 1.165) is 5.56 Å². The molecule has 1 aliphatic rings. The van der Waals surface area contributed by atoms with Gasteiger partial charge in [0.25, 0.3) is 11.8 Å². The van der Waals surface area contributed by atoms with E-state index >= 15 is 0 Å². The van der Waals surface area contributed by atoms with Crippen LogP contribution in [0.3, 0.4) is 0 Å². The lowest BCUT2D eigenvalue weighted by atomic mass is 10.1. The fraction of sp³-hybridized carbons (Fsp3) is 0.130. The molecular formula is C23H18BrN3O4S. The minimum Gasteiger partial charge on any atom is -0.493 e. The molecule has 9 heteroatoms. The molecule has 1 heterocycles. The fourth-order valence-electron chi connectivity index (χ4n) is 2.99. The van der Waals surface area contributed by atoms with Crippen LogP contribution in [0.2, 0.25) is 0 Å². The zero-order chi connectivity index (χ0) is 23.3. The molecule has 1 saturated heterocycles.